The van der Waals surface area contributed by atoms with Crippen molar-refractivity contribution in [3.63, 3.8) is 0 Å². The molecule has 0 aromatic carbocycles. The number of carboxylic acids is 1. The molecule has 1 aliphatic rings. The summed E-state index contributed by atoms with van der Waals surface area (Å²) >= 11 is 0. The van der Waals surface area contributed by atoms with Crippen LogP contribution in [0.4, 0.5) is 4.79 Å². The van der Waals surface area contributed by atoms with Crippen LogP contribution in [0.15, 0.2) is 0 Å². The number of carbonyl (C=O) groups excluding carboxylic acids is 1. The van der Waals surface area contributed by atoms with Crippen molar-refractivity contribution in [2.24, 2.45) is 5.92 Å². The average molecular weight is 286 g/mol. The molecule has 0 bridgehead atoms. The van der Waals surface area contributed by atoms with E-state index in [0.717, 1.165) is 19.4 Å². The fourth-order valence-corrected chi connectivity index (χ4v) is 2.54. The molecule has 20 heavy (non-hydrogen) atoms. The number of aliphatic hydroxyl groups excluding tert-OH is 1. The van der Waals surface area contributed by atoms with Gasteiger partial charge in [0.25, 0.3) is 0 Å². The summed E-state index contributed by atoms with van der Waals surface area (Å²) in [4.78, 5) is 26.6. The molecule has 6 heteroatoms. The second-order valence-corrected chi connectivity index (χ2v) is 5.70. The number of amides is 2. The summed E-state index contributed by atoms with van der Waals surface area (Å²) in [7, 11) is 0. The maximum atomic E-state index is 12.5. The Morgan fingerprint density at radius 2 is 2.10 bits per heavy atom. The van der Waals surface area contributed by atoms with E-state index in [1.807, 2.05) is 13.8 Å². The van der Waals surface area contributed by atoms with Crippen LogP contribution in [0.25, 0.3) is 0 Å². The summed E-state index contributed by atoms with van der Waals surface area (Å²) in [5.41, 5.74) is 0. The van der Waals surface area contributed by atoms with E-state index in [1.165, 1.54) is 0 Å². The van der Waals surface area contributed by atoms with E-state index in [4.69, 9.17) is 5.11 Å². The Labute approximate surface area is 120 Å². The fourth-order valence-electron chi connectivity index (χ4n) is 2.54. The highest BCUT2D eigenvalue weighted by molar-refractivity contribution is 5.75. The van der Waals surface area contributed by atoms with Crippen molar-refractivity contribution in [1.82, 2.24) is 9.80 Å². The minimum absolute atomic E-state index is 0.0384. The maximum Gasteiger partial charge on any atom is 0.320 e. The molecule has 1 heterocycles. The molecule has 0 aromatic heterocycles. The fraction of sp³-hybridized carbons (Fsp3) is 0.857. The van der Waals surface area contributed by atoms with Gasteiger partial charge >= 0.3 is 12.0 Å². The van der Waals surface area contributed by atoms with Gasteiger partial charge < -0.3 is 20.0 Å². The third kappa shape index (κ3) is 5.00. The van der Waals surface area contributed by atoms with Gasteiger partial charge in [-0.2, -0.15) is 0 Å². The Morgan fingerprint density at radius 1 is 1.40 bits per heavy atom. The van der Waals surface area contributed by atoms with E-state index in [0.29, 0.717) is 19.5 Å². The number of carboxylic acid groups (broad SMARTS) is 1. The summed E-state index contributed by atoms with van der Waals surface area (Å²) in [6.07, 6.45) is 2.42. The van der Waals surface area contributed by atoms with Crippen LogP contribution < -0.4 is 0 Å². The number of piperidine rings is 1. The van der Waals surface area contributed by atoms with E-state index in [9.17, 15) is 14.7 Å². The molecule has 0 spiro atoms. The third-order valence-electron chi connectivity index (χ3n) is 3.71. The van der Waals surface area contributed by atoms with Gasteiger partial charge in [-0.3, -0.25) is 4.79 Å². The summed E-state index contributed by atoms with van der Waals surface area (Å²) in [5, 5.41) is 17.9. The van der Waals surface area contributed by atoms with Crippen LogP contribution in [0.3, 0.4) is 0 Å². The first-order valence-electron chi connectivity index (χ1n) is 7.34. The Kier molecular flexibility index (Phi) is 6.78. The highest BCUT2D eigenvalue weighted by atomic mass is 16.4. The molecule has 1 aliphatic heterocycles. The summed E-state index contributed by atoms with van der Waals surface area (Å²) in [5.74, 6) is -0.666. The van der Waals surface area contributed by atoms with Crippen molar-refractivity contribution in [3.8, 4) is 0 Å². The van der Waals surface area contributed by atoms with Crippen molar-refractivity contribution in [2.75, 3.05) is 26.2 Å². The van der Waals surface area contributed by atoms with Gasteiger partial charge in [0.2, 0.25) is 0 Å². The summed E-state index contributed by atoms with van der Waals surface area (Å²) in [6.45, 7) is 5.76. The molecule has 2 N–H and O–H groups in total. The number of rotatable bonds is 6. The second kappa shape index (κ2) is 8.09. The number of urea groups is 1. The molecule has 1 fully saturated rings. The normalized spacial score (nSPS) is 19.2. The molecule has 0 aromatic rings. The number of carbonyl (C=O) groups is 2. The zero-order valence-electron chi connectivity index (χ0n) is 12.4. The Morgan fingerprint density at radius 3 is 2.65 bits per heavy atom. The highest BCUT2D eigenvalue weighted by Gasteiger charge is 2.27. The molecule has 1 atom stereocenters. The average Bonchev–Trinajstić information content (AvgIpc) is 2.42. The highest BCUT2D eigenvalue weighted by Crippen LogP contribution is 2.18. The quantitative estimate of drug-likeness (QED) is 0.773. The van der Waals surface area contributed by atoms with Crippen molar-refractivity contribution >= 4 is 12.0 Å². The van der Waals surface area contributed by atoms with Gasteiger partial charge in [0.15, 0.2) is 0 Å². The van der Waals surface area contributed by atoms with Gasteiger partial charge in [-0.15, -0.1) is 0 Å². The molecule has 1 saturated heterocycles. The smallest absolute Gasteiger partial charge is 0.320 e. The minimum Gasteiger partial charge on any atom is -0.481 e. The summed E-state index contributed by atoms with van der Waals surface area (Å²) in [6, 6.07) is 0.00865. The van der Waals surface area contributed by atoms with Crippen LogP contribution in [0, 0.1) is 5.92 Å². The van der Waals surface area contributed by atoms with Crippen molar-refractivity contribution in [1.29, 1.82) is 0 Å². The van der Waals surface area contributed by atoms with E-state index in [2.05, 4.69) is 0 Å². The molecule has 0 saturated carbocycles. The van der Waals surface area contributed by atoms with Gasteiger partial charge in [-0.05, 0) is 39.0 Å². The van der Waals surface area contributed by atoms with Crippen LogP contribution >= 0.6 is 0 Å². The zero-order valence-corrected chi connectivity index (χ0v) is 12.4. The lowest BCUT2D eigenvalue weighted by Crippen LogP contribution is -2.50. The maximum absolute atomic E-state index is 12.5. The molecule has 0 aliphatic carbocycles. The van der Waals surface area contributed by atoms with Crippen molar-refractivity contribution in [3.05, 3.63) is 0 Å². The number of hydrogen-bond acceptors (Lipinski definition) is 3. The Hall–Kier alpha value is -1.30. The van der Waals surface area contributed by atoms with E-state index < -0.39 is 5.97 Å². The van der Waals surface area contributed by atoms with Gasteiger partial charge in [0.05, 0.1) is 0 Å². The molecule has 1 rings (SSSR count). The lowest BCUT2D eigenvalue weighted by atomic mass is 9.99. The van der Waals surface area contributed by atoms with Crippen LogP contribution in [0.5, 0.6) is 0 Å². The number of nitrogens with zero attached hydrogens (tertiary/aromatic N) is 2. The number of aliphatic carboxylic acids is 1. The predicted octanol–water partition coefficient (Wildman–Crippen LogP) is 1.39. The van der Waals surface area contributed by atoms with Crippen molar-refractivity contribution in [2.45, 2.75) is 45.6 Å². The molecule has 6 nitrogen and oxygen atoms in total. The first-order chi connectivity index (χ1) is 9.45. The molecule has 116 valence electrons. The molecular weight excluding hydrogens is 260 g/mol. The zero-order chi connectivity index (χ0) is 15.1. The van der Waals surface area contributed by atoms with Gasteiger partial charge in [-0.1, -0.05) is 0 Å². The molecule has 0 radical (unpaired) electrons. The lowest BCUT2D eigenvalue weighted by Gasteiger charge is -2.37. The van der Waals surface area contributed by atoms with Gasteiger partial charge in [0.1, 0.15) is 0 Å². The van der Waals surface area contributed by atoms with Crippen molar-refractivity contribution < 1.29 is 19.8 Å². The first-order valence-corrected chi connectivity index (χ1v) is 7.34. The number of aliphatic hydroxyl groups is 1. The summed E-state index contributed by atoms with van der Waals surface area (Å²) < 4.78 is 0. The SMILES string of the molecule is CC(C)N(CCCC(=O)O)C(=O)N1CCCC(CO)C1. The van der Waals surface area contributed by atoms with E-state index in [1.54, 1.807) is 9.80 Å². The number of hydrogen-bond donors (Lipinski definition) is 2. The van der Waals surface area contributed by atoms with Crippen LogP contribution in [0.1, 0.15) is 39.5 Å². The topological polar surface area (TPSA) is 81.1 Å². The molecular formula is C14H26N2O4. The first kappa shape index (κ1) is 16.8. The molecule has 2 amide bonds. The third-order valence-corrected chi connectivity index (χ3v) is 3.71. The van der Waals surface area contributed by atoms with Crippen LogP contribution in [0.2, 0.25) is 0 Å². The number of likely N-dealkylation sites (tertiary alicyclic amines) is 1. The Balaban J connectivity index is 2.56. The van der Waals surface area contributed by atoms with Gasteiger partial charge in [-0.25, -0.2) is 4.79 Å². The Bertz CT molecular complexity index is 333. The standard InChI is InChI=1S/C14H26N2O4/c1-11(2)16(8-4-6-13(18)19)14(20)15-7-3-5-12(9-15)10-17/h11-12,17H,3-10H2,1-2H3,(H,18,19). The van der Waals surface area contributed by atoms with Gasteiger partial charge in [0, 0.05) is 38.7 Å². The predicted molar refractivity (Wildman–Crippen MR) is 75.5 cm³/mol. The van der Waals surface area contributed by atoms with E-state index in [-0.39, 0.29) is 31.0 Å². The lowest BCUT2D eigenvalue weighted by molar-refractivity contribution is -0.137. The second-order valence-electron chi connectivity index (χ2n) is 5.70. The largest absolute Gasteiger partial charge is 0.481 e. The minimum atomic E-state index is -0.834. The van der Waals surface area contributed by atoms with E-state index >= 15 is 0 Å². The van der Waals surface area contributed by atoms with Crippen LogP contribution in [-0.2, 0) is 4.79 Å². The van der Waals surface area contributed by atoms with Crippen LogP contribution in [-0.4, -0.2) is 64.3 Å². The molecule has 1 unspecified atom stereocenters. The monoisotopic (exact) mass is 286 g/mol.